The highest BCUT2D eigenvalue weighted by Crippen LogP contribution is 2.77. The van der Waals surface area contributed by atoms with Crippen molar-refractivity contribution >= 4 is 11.9 Å². The van der Waals surface area contributed by atoms with Gasteiger partial charge in [-0.3, -0.25) is 9.59 Å². The van der Waals surface area contributed by atoms with Crippen LogP contribution in [-0.2, 0) is 19.1 Å². The Bertz CT molecular complexity index is 1000. The van der Waals surface area contributed by atoms with Crippen molar-refractivity contribution in [1.29, 1.82) is 0 Å². The zero-order valence-electron chi connectivity index (χ0n) is 25.0. The number of carbonyl (C=O) groups is 2. The summed E-state index contributed by atoms with van der Waals surface area (Å²) in [6, 6.07) is 0. The van der Waals surface area contributed by atoms with Gasteiger partial charge in [0.25, 0.3) is 0 Å². The maximum absolute atomic E-state index is 13.8. The molecule has 0 aromatic carbocycles. The molecule has 10 atom stereocenters. The summed E-state index contributed by atoms with van der Waals surface area (Å²) in [5.41, 5.74) is 1.23. The Labute approximate surface area is 230 Å². The van der Waals surface area contributed by atoms with E-state index in [-0.39, 0.29) is 46.4 Å². The van der Waals surface area contributed by atoms with Crippen molar-refractivity contribution in [3.05, 3.63) is 12.2 Å². The molecule has 5 aliphatic rings. The van der Waals surface area contributed by atoms with Crippen LogP contribution in [0.15, 0.2) is 12.2 Å². The standard InChI is InChI=1S/C33H52O5/c1-20(2)22-11-16-33(28(36)38-19-37-21(3)34)18-17-31(7)23(27(22)33)9-10-25-30(6)14-13-26(35)29(4,5)24(30)12-15-32(25,31)8/h22-27,35H,1,9-19H2,2-8H3/t22-,23+,24-,25+,26-,27+,30-,31+,32+,33-/m0/s1. The van der Waals surface area contributed by atoms with Gasteiger partial charge in [0.15, 0.2) is 0 Å². The molecule has 5 aliphatic carbocycles. The number of ether oxygens (including phenoxy) is 2. The monoisotopic (exact) mass is 528 g/mol. The number of fused-ring (bicyclic) bond motifs is 7. The van der Waals surface area contributed by atoms with Crippen molar-refractivity contribution in [3.63, 3.8) is 0 Å². The van der Waals surface area contributed by atoms with Gasteiger partial charge in [0.05, 0.1) is 11.5 Å². The summed E-state index contributed by atoms with van der Waals surface area (Å²) in [7, 11) is 0. The van der Waals surface area contributed by atoms with E-state index >= 15 is 0 Å². The number of hydrogen-bond donors (Lipinski definition) is 1. The molecule has 0 aromatic rings. The van der Waals surface area contributed by atoms with Crippen molar-refractivity contribution in [2.24, 2.45) is 56.7 Å². The molecule has 214 valence electrons. The van der Waals surface area contributed by atoms with Crippen LogP contribution in [0.25, 0.3) is 0 Å². The Hall–Kier alpha value is -1.36. The molecule has 0 unspecified atom stereocenters. The summed E-state index contributed by atoms with van der Waals surface area (Å²) in [5.74, 6) is 1.60. The van der Waals surface area contributed by atoms with Crippen LogP contribution in [0.1, 0.15) is 113 Å². The molecule has 0 heterocycles. The van der Waals surface area contributed by atoms with E-state index in [1.165, 1.54) is 31.8 Å². The second kappa shape index (κ2) is 9.08. The topological polar surface area (TPSA) is 72.8 Å². The second-order valence-corrected chi connectivity index (χ2v) is 15.4. The van der Waals surface area contributed by atoms with E-state index in [4.69, 9.17) is 9.47 Å². The summed E-state index contributed by atoms with van der Waals surface area (Å²) in [6.07, 6.45) is 10.3. The van der Waals surface area contributed by atoms with Crippen molar-refractivity contribution < 1.29 is 24.2 Å². The fraction of sp³-hybridized carbons (Fsp3) is 0.879. The highest BCUT2D eigenvalue weighted by Gasteiger charge is 2.72. The third-order valence-corrected chi connectivity index (χ3v) is 13.9. The zero-order chi connectivity index (χ0) is 27.9. The number of hydrogen-bond acceptors (Lipinski definition) is 5. The Kier molecular flexibility index (Phi) is 6.73. The number of carbonyl (C=O) groups excluding carboxylic acids is 2. The summed E-state index contributed by atoms with van der Waals surface area (Å²) in [4.78, 5) is 25.1. The Morgan fingerprint density at radius 2 is 1.53 bits per heavy atom. The van der Waals surface area contributed by atoms with Crippen LogP contribution < -0.4 is 0 Å². The molecule has 1 N–H and O–H groups in total. The van der Waals surface area contributed by atoms with Gasteiger partial charge < -0.3 is 14.6 Å². The molecule has 5 rings (SSSR count). The fourth-order valence-corrected chi connectivity index (χ4v) is 11.8. The molecule has 0 saturated heterocycles. The van der Waals surface area contributed by atoms with Crippen LogP contribution in [0, 0.1) is 56.7 Å². The van der Waals surface area contributed by atoms with Crippen LogP contribution in [0.4, 0.5) is 0 Å². The van der Waals surface area contributed by atoms with E-state index in [0.717, 1.165) is 44.9 Å². The molecule has 5 saturated carbocycles. The number of allylic oxidation sites excluding steroid dienone is 1. The van der Waals surface area contributed by atoms with Crippen LogP contribution >= 0.6 is 0 Å². The predicted molar refractivity (Wildman–Crippen MR) is 148 cm³/mol. The minimum absolute atomic E-state index is 0.0456. The van der Waals surface area contributed by atoms with E-state index < -0.39 is 11.4 Å². The van der Waals surface area contributed by atoms with E-state index in [2.05, 4.69) is 48.1 Å². The highest BCUT2D eigenvalue weighted by molar-refractivity contribution is 5.78. The molecular weight excluding hydrogens is 476 g/mol. The highest BCUT2D eigenvalue weighted by atomic mass is 16.7. The number of aliphatic hydroxyl groups excluding tert-OH is 1. The van der Waals surface area contributed by atoms with Crippen LogP contribution in [0.3, 0.4) is 0 Å². The minimum Gasteiger partial charge on any atom is -0.428 e. The van der Waals surface area contributed by atoms with Crippen LogP contribution in [0.5, 0.6) is 0 Å². The lowest BCUT2D eigenvalue weighted by Crippen LogP contribution is -2.67. The smallest absolute Gasteiger partial charge is 0.315 e. The number of esters is 2. The van der Waals surface area contributed by atoms with Gasteiger partial charge >= 0.3 is 11.9 Å². The second-order valence-electron chi connectivity index (χ2n) is 15.4. The van der Waals surface area contributed by atoms with Gasteiger partial charge in [-0.1, -0.05) is 46.8 Å². The largest absolute Gasteiger partial charge is 0.428 e. The molecule has 5 fully saturated rings. The first-order valence-corrected chi connectivity index (χ1v) is 15.3. The van der Waals surface area contributed by atoms with E-state index in [9.17, 15) is 14.7 Å². The Morgan fingerprint density at radius 1 is 0.816 bits per heavy atom. The molecule has 0 aliphatic heterocycles. The minimum atomic E-state index is -0.505. The van der Waals surface area contributed by atoms with Gasteiger partial charge in [-0.05, 0) is 122 Å². The van der Waals surface area contributed by atoms with Gasteiger partial charge in [0.2, 0.25) is 6.79 Å². The first kappa shape index (κ1) is 28.2. The fourth-order valence-electron chi connectivity index (χ4n) is 11.8. The molecule has 5 nitrogen and oxygen atoms in total. The molecule has 0 bridgehead atoms. The lowest BCUT2D eigenvalue weighted by molar-refractivity contribution is -0.249. The third kappa shape index (κ3) is 3.65. The van der Waals surface area contributed by atoms with E-state index in [1.807, 2.05) is 0 Å². The van der Waals surface area contributed by atoms with Crippen LogP contribution in [-0.4, -0.2) is 29.9 Å². The summed E-state index contributed by atoms with van der Waals surface area (Å²) >= 11 is 0. The summed E-state index contributed by atoms with van der Waals surface area (Å²) in [5, 5.41) is 11.0. The van der Waals surface area contributed by atoms with E-state index in [0.29, 0.717) is 23.7 Å². The van der Waals surface area contributed by atoms with E-state index in [1.54, 1.807) is 0 Å². The van der Waals surface area contributed by atoms with Gasteiger partial charge in [-0.15, -0.1) is 0 Å². The molecule has 5 heteroatoms. The van der Waals surface area contributed by atoms with Gasteiger partial charge in [-0.2, -0.15) is 0 Å². The van der Waals surface area contributed by atoms with Crippen molar-refractivity contribution in [2.45, 2.75) is 119 Å². The number of rotatable bonds is 4. The lowest BCUT2D eigenvalue weighted by atomic mass is 9.32. The normalized spacial score (nSPS) is 49.1. The molecule has 0 radical (unpaired) electrons. The van der Waals surface area contributed by atoms with Crippen LogP contribution in [0.2, 0.25) is 0 Å². The average Bonchev–Trinajstić information content (AvgIpc) is 3.23. The molecule has 0 amide bonds. The van der Waals surface area contributed by atoms with Crippen molar-refractivity contribution in [1.82, 2.24) is 0 Å². The van der Waals surface area contributed by atoms with Crippen molar-refractivity contribution in [3.8, 4) is 0 Å². The molecule has 38 heavy (non-hydrogen) atoms. The molecular formula is C33H52O5. The zero-order valence-corrected chi connectivity index (χ0v) is 25.0. The maximum atomic E-state index is 13.8. The Morgan fingerprint density at radius 3 is 2.18 bits per heavy atom. The first-order valence-electron chi connectivity index (χ1n) is 15.3. The maximum Gasteiger partial charge on any atom is 0.315 e. The Balaban J connectivity index is 1.50. The first-order chi connectivity index (χ1) is 17.6. The predicted octanol–water partition coefficient (Wildman–Crippen LogP) is 7.07. The molecule has 0 aromatic heterocycles. The van der Waals surface area contributed by atoms with Gasteiger partial charge in [-0.25, -0.2) is 0 Å². The number of aliphatic hydroxyl groups is 1. The third-order valence-electron chi connectivity index (χ3n) is 13.9. The average molecular weight is 529 g/mol. The summed E-state index contributed by atoms with van der Waals surface area (Å²) < 4.78 is 10.7. The SMILES string of the molecule is C=C(C)[C@@H]1CC[C@]2(C(=O)OCOC(C)=O)CC[C@]3(C)[C@H](CC[C@@H]4[C@@]5(C)CC[C@H](O)C(C)(C)[C@@H]5CC[C@]43C)[C@@H]12. The lowest BCUT2D eigenvalue weighted by Gasteiger charge is -2.72. The van der Waals surface area contributed by atoms with Crippen molar-refractivity contribution in [2.75, 3.05) is 6.79 Å². The molecule has 0 spiro atoms. The summed E-state index contributed by atoms with van der Waals surface area (Å²) in [6.45, 7) is 19.9. The van der Waals surface area contributed by atoms with Gasteiger partial charge in [0, 0.05) is 6.92 Å². The van der Waals surface area contributed by atoms with Gasteiger partial charge in [0.1, 0.15) is 0 Å². The quantitative estimate of drug-likeness (QED) is 0.240.